The second-order valence-electron chi connectivity index (χ2n) is 14.6. The van der Waals surface area contributed by atoms with Gasteiger partial charge in [-0.2, -0.15) is 5.10 Å². The zero-order valence-corrected chi connectivity index (χ0v) is 29.9. The number of aliphatic imine (C=N–C) groups is 1. The van der Waals surface area contributed by atoms with Crippen molar-refractivity contribution in [1.82, 2.24) is 35.4 Å². The maximum Gasteiger partial charge on any atom is 0.287 e. The van der Waals surface area contributed by atoms with Crippen LogP contribution in [-0.4, -0.2) is 108 Å². The van der Waals surface area contributed by atoms with Gasteiger partial charge in [0, 0.05) is 18.4 Å². The van der Waals surface area contributed by atoms with E-state index in [2.05, 4.69) is 30.8 Å². The quantitative estimate of drug-likeness (QED) is 0.168. The molecule has 2 aromatic heterocycles. The zero-order chi connectivity index (χ0) is 37.4. The third-order valence-corrected chi connectivity index (χ3v) is 12.1. The van der Waals surface area contributed by atoms with E-state index in [4.69, 9.17) is 5.73 Å². The van der Waals surface area contributed by atoms with Crippen molar-refractivity contribution in [2.24, 2.45) is 16.6 Å². The summed E-state index contributed by atoms with van der Waals surface area (Å²) < 4.78 is 26.1. The molecule has 0 radical (unpaired) electrons. The molecule has 18 heteroatoms. The minimum atomic E-state index is -3.54. The molecule has 0 unspecified atom stereocenters. The van der Waals surface area contributed by atoms with Crippen LogP contribution >= 0.6 is 0 Å². The Balaban J connectivity index is 1.39. The van der Waals surface area contributed by atoms with Crippen LogP contribution in [0.2, 0.25) is 0 Å². The van der Waals surface area contributed by atoms with Gasteiger partial charge in [0.1, 0.15) is 22.9 Å². The Hall–Kier alpha value is -4.84. The van der Waals surface area contributed by atoms with Crippen molar-refractivity contribution in [3.63, 3.8) is 0 Å². The second-order valence-corrected chi connectivity index (χ2v) is 16.9. The number of likely N-dealkylation sites (tertiary alicyclic amines) is 1. The number of benzene rings is 1. The first kappa shape index (κ1) is 36.9. The van der Waals surface area contributed by atoms with Gasteiger partial charge in [-0.1, -0.05) is 49.5 Å². The zero-order valence-electron chi connectivity index (χ0n) is 29.1. The van der Waals surface area contributed by atoms with E-state index in [-0.39, 0.29) is 49.4 Å². The molecule has 2 atom stereocenters. The van der Waals surface area contributed by atoms with E-state index >= 15 is 0 Å². The Morgan fingerprint density at radius 3 is 2.48 bits per heavy atom. The van der Waals surface area contributed by atoms with Gasteiger partial charge in [-0.15, -0.1) is 5.10 Å². The van der Waals surface area contributed by atoms with E-state index in [9.17, 15) is 37.5 Å². The molecule has 3 aromatic rings. The third kappa shape index (κ3) is 7.53. The van der Waals surface area contributed by atoms with E-state index in [1.54, 1.807) is 38.2 Å². The number of hydrogen-bond acceptors (Lipinski definition) is 11. The smallest absolute Gasteiger partial charge is 0.287 e. The van der Waals surface area contributed by atoms with Crippen molar-refractivity contribution < 1.29 is 37.5 Å². The molecule has 1 aliphatic carbocycles. The summed E-state index contributed by atoms with van der Waals surface area (Å²) >= 11 is 0. The summed E-state index contributed by atoms with van der Waals surface area (Å²) in [5.74, 6) is -5.48. The number of amides is 4. The van der Waals surface area contributed by atoms with Gasteiger partial charge in [0.2, 0.25) is 11.7 Å². The molecule has 1 aromatic carbocycles. The minimum Gasteiger partial charge on any atom is -0.384 e. The van der Waals surface area contributed by atoms with Crippen LogP contribution in [0.3, 0.4) is 0 Å². The average molecular weight is 738 g/mol. The standard InChI is InChI=1S/C34H43N9O8S/c1-33(2,49)26-18-37-41-43(26)22-16-25(31(47)39-34(28(44)29(35)45)11-13-52(50,51)14-12-34)42(19-22)32(48)24(15-20-7-4-3-5-8-20)38-30(46)23-10-6-9-21-17-36-40-27(21)23/h6,9-10,17-18,20,22,25,49H,3-5,7-8,11-16,19H2,1-2H3,(H2,35,45)(H,36,40)(H,39,47)/t22-,25-/m0/s1. The number of para-hydroxylation sites is 1. The molecular formula is C34H43N9O8S. The minimum absolute atomic E-state index is 0.0418. The molecule has 3 aliphatic rings. The first-order chi connectivity index (χ1) is 24.6. The molecule has 2 saturated heterocycles. The number of primary amides is 1. The summed E-state index contributed by atoms with van der Waals surface area (Å²) in [7, 11) is -3.54. The first-order valence-electron chi connectivity index (χ1n) is 17.4. The van der Waals surface area contributed by atoms with Gasteiger partial charge in [-0.05, 0) is 45.1 Å². The van der Waals surface area contributed by atoms with E-state index in [1.807, 2.05) is 0 Å². The molecule has 278 valence electrons. The summed E-state index contributed by atoms with van der Waals surface area (Å²) in [4.78, 5) is 73.8. The van der Waals surface area contributed by atoms with E-state index in [0.717, 1.165) is 32.1 Å². The second kappa shape index (κ2) is 14.3. The topological polar surface area (TPSA) is 253 Å². The molecule has 6 rings (SSSR count). The number of nitrogens with two attached hydrogens (primary N) is 1. The van der Waals surface area contributed by atoms with Gasteiger partial charge >= 0.3 is 0 Å². The number of carbonyl (C=O) groups excluding carboxylic acids is 5. The summed E-state index contributed by atoms with van der Waals surface area (Å²) in [5.41, 5.74) is 3.04. The van der Waals surface area contributed by atoms with Crippen molar-refractivity contribution in [3.05, 3.63) is 41.9 Å². The molecule has 0 bridgehead atoms. The van der Waals surface area contributed by atoms with Crippen LogP contribution < -0.4 is 11.1 Å². The van der Waals surface area contributed by atoms with E-state index < -0.39 is 74.0 Å². The molecule has 0 spiro atoms. The monoisotopic (exact) mass is 737 g/mol. The van der Waals surface area contributed by atoms with Crippen molar-refractivity contribution in [1.29, 1.82) is 0 Å². The summed E-state index contributed by atoms with van der Waals surface area (Å²) in [6, 6.07) is 3.08. The molecule has 4 amide bonds. The highest BCUT2D eigenvalue weighted by Gasteiger charge is 2.50. The SMILES string of the molecule is CC(C)(O)c1cnnn1[C@H]1C[C@@H](C(=O)NC2(C(=O)C(N)=O)CCS(=O)(=O)CC2)N(C(=O)C(CC2CCCCC2)=NC(=O)c2cccc3cn[nH]c23)C1. The number of nitrogens with one attached hydrogen (secondary N) is 2. The van der Waals surface area contributed by atoms with Gasteiger partial charge in [-0.25, -0.2) is 18.1 Å². The number of nitrogens with zero attached hydrogens (tertiary/aromatic N) is 6. The highest BCUT2D eigenvalue weighted by Crippen LogP contribution is 2.34. The van der Waals surface area contributed by atoms with Crippen LogP contribution in [0.25, 0.3) is 10.9 Å². The normalized spacial score (nSPS) is 22.3. The lowest BCUT2D eigenvalue weighted by Gasteiger charge is -2.37. The van der Waals surface area contributed by atoms with Gasteiger partial charge < -0.3 is 21.1 Å². The third-order valence-electron chi connectivity index (χ3n) is 10.5. The largest absolute Gasteiger partial charge is 0.384 e. The average Bonchev–Trinajstić information content (AvgIpc) is 3.88. The first-order valence-corrected chi connectivity index (χ1v) is 19.3. The maximum atomic E-state index is 14.7. The van der Waals surface area contributed by atoms with Crippen molar-refractivity contribution in [2.75, 3.05) is 18.1 Å². The highest BCUT2D eigenvalue weighted by atomic mass is 32.2. The van der Waals surface area contributed by atoms with Gasteiger partial charge in [0.05, 0.1) is 46.7 Å². The van der Waals surface area contributed by atoms with Crippen LogP contribution in [0.4, 0.5) is 0 Å². The number of sulfone groups is 1. The highest BCUT2D eigenvalue weighted by molar-refractivity contribution is 7.91. The van der Waals surface area contributed by atoms with Gasteiger partial charge in [0.15, 0.2) is 9.84 Å². The number of rotatable bonds is 10. The summed E-state index contributed by atoms with van der Waals surface area (Å²) in [6.07, 6.45) is 6.97. The fourth-order valence-corrected chi connectivity index (χ4v) is 9.13. The Morgan fingerprint density at radius 1 is 1.10 bits per heavy atom. The summed E-state index contributed by atoms with van der Waals surface area (Å²) in [5, 5.41) is 29.1. The van der Waals surface area contributed by atoms with Crippen molar-refractivity contribution >= 4 is 55.9 Å². The van der Waals surface area contributed by atoms with E-state index in [0.29, 0.717) is 16.6 Å². The van der Waals surface area contributed by atoms with Crippen LogP contribution in [0.1, 0.15) is 93.7 Å². The van der Waals surface area contributed by atoms with Crippen molar-refractivity contribution in [3.8, 4) is 0 Å². The molecule has 5 N–H and O–H groups in total. The number of aromatic amines is 1. The number of H-pyrrole nitrogens is 1. The number of carbonyl (C=O) groups is 5. The lowest BCUT2D eigenvalue weighted by atomic mass is 9.85. The number of Topliss-reactive ketones (excluding diaryl/α,β-unsaturated/α-hetero) is 1. The Kier molecular flexibility index (Phi) is 10.2. The van der Waals surface area contributed by atoms with Gasteiger partial charge in [0.25, 0.3) is 17.7 Å². The summed E-state index contributed by atoms with van der Waals surface area (Å²) in [6.45, 7) is 2.98. The number of aliphatic hydroxyl groups is 1. The van der Waals surface area contributed by atoms with Crippen LogP contribution in [-0.2, 0) is 34.6 Å². The lowest BCUT2D eigenvalue weighted by molar-refractivity contribution is -0.143. The molecule has 17 nitrogen and oxygen atoms in total. The Morgan fingerprint density at radius 2 is 1.81 bits per heavy atom. The Bertz CT molecular complexity index is 2030. The fourth-order valence-electron chi connectivity index (χ4n) is 7.61. The molecule has 52 heavy (non-hydrogen) atoms. The molecule has 4 heterocycles. The molecule has 3 fully saturated rings. The number of aromatic nitrogens is 5. The van der Waals surface area contributed by atoms with Gasteiger partial charge in [-0.3, -0.25) is 29.1 Å². The number of hydrogen-bond donors (Lipinski definition) is 4. The van der Waals surface area contributed by atoms with Crippen LogP contribution in [0.15, 0.2) is 35.6 Å². The fraction of sp³-hybridized carbons (Fsp3) is 0.559. The predicted molar refractivity (Wildman–Crippen MR) is 186 cm³/mol. The Labute approximate surface area is 299 Å². The van der Waals surface area contributed by atoms with Crippen molar-refractivity contribution in [2.45, 2.75) is 94.9 Å². The van der Waals surface area contributed by atoms with Crippen LogP contribution in [0.5, 0.6) is 0 Å². The van der Waals surface area contributed by atoms with Crippen LogP contribution in [0, 0.1) is 5.92 Å². The number of fused-ring (bicyclic) bond motifs is 1. The lowest BCUT2D eigenvalue weighted by Crippen LogP contribution is -2.64. The molecule has 1 saturated carbocycles. The number of ketones is 1. The predicted octanol–water partition coefficient (Wildman–Crippen LogP) is 0.894. The van der Waals surface area contributed by atoms with E-state index in [1.165, 1.54) is 15.8 Å². The molecule has 2 aliphatic heterocycles. The molecular weight excluding hydrogens is 694 g/mol. The maximum absolute atomic E-state index is 14.7.